The third-order valence-electron chi connectivity index (χ3n) is 3.60. The van der Waals surface area contributed by atoms with Crippen LogP contribution in [0.5, 0.6) is 5.75 Å². The second-order valence-corrected chi connectivity index (χ2v) is 5.89. The zero-order valence-electron chi connectivity index (χ0n) is 14.6. The predicted octanol–water partition coefficient (Wildman–Crippen LogP) is 1.34. The van der Waals surface area contributed by atoms with Crippen molar-refractivity contribution in [3.05, 3.63) is 29.8 Å². The average Bonchev–Trinajstić information content (AvgIpc) is 2.54. The molecule has 0 aromatic heterocycles. The van der Waals surface area contributed by atoms with Crippen molar-refractivity contribution in [1.29, 1.82) is 0 Å². The molecule has 0 spiro atoms. The van der Waals surface area contributed by atoms with Gasteiger partial charge >= 0.3 is 12.1 Å². The molecule has 1 aromatic rings. The zero-order chi connectivity index (χ0) is 20.8. The van der Waals surface area contributed by atoms with Gasteiger partial charge < -0.3 is 30.7 Å². The molecule has 3 atom stereocenters. The lowest BCUT2D eigenvalue weighted by Crippen LogP contribution is -2.73. The number of halogens is 3. The number of aliphatic hydroxyl groups excluding tert-OH is 1. The van der Waals surface area contributed by atoms with Gasteiger partial charge in [-0.25, -0.2) is 0 Å². The zero-order valence-corrected chi connectivity index (χ0v) is 15.4. The summed E-state index contributed by atoms with van der Waals surface area (Å²) in [5.41, 5.74) is -3.37. The van der Waals surface area contributed by atoms with Crippen LogP contribution in [0.3, 0.4) is 0 Å². The lowest BCUT2D eigenvalue weighted by atomic mass is 9.82. The van der Waals surface area contributed by atoms with E-state index in [1.54, 1.807) is 12.2 Å². The van der Waals surface area contributed by atoms with E-state index in [0.717, 1.165) is 0 Å². The van der Waals surface area contributed by atoms with Gasteiger partial charge in [-0.1, -0.05) is 12.1 Å². The minimum atomic E-state index is -5.19. The Morgan fingerprint density at radius 3 is 2.26 bits per heavy atom. The number of nitrogens with one attached hydrogen (secondary N) is 2. The minimum absolute atomic E-state index is 0.103. The first kappa shape index (κ1) is 22.9. The Kier molecular flexibility index (Phi) is 7.81. The van der Waals surface area contributed by atoms with Crippen molar-refractivity contribution in [2.75, 3.05) is 13.2 Å². The molecule has 0 bridgehead atoms. The minimum Gasteiger partial charge on any atom is -0.508 e. The highest BCUT2D eigenvalue weighted by molar-refractivity contribution is 7.80. The van der Waals surface area contributed by atoms with Gasteiger partial charge in [0.05, 0.1) is 12.6 Å². The van der Waals surface area contributed by atoms with Gasteiger partial charge in [0, 0.05) is 6.61 Å². The molecule has 1 saturated heterocycles. The van der Waals surface area contributed by atoms with E-state index in [0.29, 0.717) is 0 Å². The molecular formula is C16H21F3N2O5S. The summed E-state index contributed by atoms with van der Waals surface area (Å²) in [5, 5.41) is 30.9. The third kappa shape index (κ3) is 5.21. The van der Waals surface area contributed by atoms with Crippen LogP contribution in [-0.2, 0) is 9.53 Å². The molecule has 1 aliphatic heterocycles. The molecule has 0 aliphatic carbocycles. The number of carbonyl (C=O) groups is 1. The van der Waals surface area contributed by atoms with Crippen molar-refractivity contribution in [1.82, 2.24) is 10.6 Å². The number of benzene rings is 1. The van der Waals surface area contributed by atoms with E-state index in [-0.39, 0.29) is 24.5 Å². The smallest absolute Gasteiger partial charge is 0.437 e. The molecule has 1 heterocycles. The second kappa shape index (κ2) is 9.20. The quantitative estimate of drug-likeness (QED) is 0.375. The van der Waals surface area contributed by atoms with Crippen LogP contribution in [0, 0.1) is 5.92 Å². The van der Waals surface area contributed by atoms with Crippen LogP contribution in [0.2, 0.25) is 0 Å². The number of hydrogen-bond acceptors (Lipinski definition) is 6. The molecule has 2 rings (SSSR count). The van der Waals surface area contributed by atoms with Gasteiger partial charge in [-0.3, -0.25) is 4.79 Å². The van der Waals surface area contributed by atoms with Crippen LogP contribution in [0.4, 0.5) is 13.2 Å². The summed E-state index contributed by atoms with van der Waals surface area (Å²) in [6, 6.07) is 3.84. The maximum atomic E-state index is 13.5. The van der Waals surface area contributed by atoms with Crippen molar-refractivity contribution in [2.24, 2.45) is 5.92 Å². The van der Waals surface area contributed by atoms with E-state index in [1.165, 1.54) is 31.2 Å². The molecule has 1 fully saturated rings. The lowest BCUT2D eigenvalue weighted by Gasteiger charge is -2.45. The number of phenols is 1. The van der Waals surface area contributed by atoms with Crippen LogP contribution >= 0.6 is 12.2 Å². The SMILES string of the molecule is CCO.CCOC(=O)[C@H]1[C@H](c2ccc(O)cc2)NC(=S)N[C@]1(O)C(F)(F)F. The molecule has 1 aliphatic rings. The van der Waals surface area contributed by atoms with Crippen LogP contribution in [0.1, 0.15) is 25.5 Å². The Bertz CT molecular complexity index is 656. The molecule has 152 valence electrons. The Morgan fingerprint density at radius 1 is 1.30 bits per heavy atom. The van der Waals surface area contributed by atoms with Crippen LogP contribution in [0.25, 0.3) is 0 Å². The summed E-state index contributed by atoms with van der Waals surface area (Å²) in [5.74, 6) is -3.39. The Morgan fingerprint density at radius 2 is 1.81 bits per heavy atom. The van der Waals surface area contributed by atoms with Crippen molar-refractivity contribution in [2.45, 2.75) is 31.8 Å². The first-order valence-corrected chi connectivity index (χ1v) is 8.36. The van der Waals surface area contributed by atoms with E-state index in [4.69, 9.17) is 22.1 Å². The van der Waals surface area contributed by atoms with Crippen molar-refractivity contribution < 1.29 is 38.0 Å². The maximum Gasteiger partial charge on any atom is 0.437 e. The lowest BCUT2D eigenvalue weighted by molar-refractivity contribution is -0.292. The maximum absolute atomic E-state index is 13.5. The Hall–Kier alpha value is -2.11. The molecule has 5 N–H and O–H groups in total. The molecule has 0 saturated carbocycles. The van der Waals surface area contributed by atoms with Gasteiger partial charge in [0.15, 0.2) is 5.11 Å². The summed E-state index contributed by atoms with van der Waals surface area (Å²) >= 11 is 4.75. The average molecular weight is 410 g/mol. The molecule has 0 amide bonds. The van der Waals surface area contributed by atoms with E-state index >= 15 is 0 Å². The molecule has 0 unspecified atom stereocenters. The first-order chi connectivity index (χ1) is 12.5. The number of aromatic hydroxyl groups is 1. The third-order valence-corrected chi connectivity index (χ3v) is 3.82. The highest BCUT2D eigenvalue weighted by Crippen LogP contribution is 2.43. The number of esters is 1. The van der Waals surface area contributed by atoms with Crippen LogP contribution in [0.15, 0.2) is 24.3 Å². The normalized spacial score (nSPS) is 24.8. The van der Waals surface area contributed by atoms with Gasteiger partial charge in [0.1, 0.15) is 11.7 Å². The van der Waals surface area contributed by atoms with E-state index < -0.39 is 34.9 Å². The highest BCUT2D eigenvalue weighted by Gasteiger charge is 2.66. The fourth-order valence-corrected chi connectivity index (χ4v) is 2.78. The van der Waals surface area contributed by atoms with Gasteiger partial charge in [0.25, 0.3) is 5.72 Å². The number of hydrogen-bond donors (Lipinski definition) is 5. The summed E-state index contributed by atoms with van der Waals surface area (Å²) < 4.78 is 45.1. The number of aliphatic hydroxyl groups is 2. The van der Waals surface area contributed by atoms with E-state index in [1.807, 2.05) is 0 Å². The van der Waals surface area contributed by atoms with Crippen molar-refractivity contribution >= 4 is 23.3 Å². The predicted molar refractivity (Wildman–Crippen MR) is 93.6 cm³/mol. The van der Waals surface area contributed by atoms with E-state index in [2.05, 4.69) is 5.32 Å². The second-order valence-electron chi connectivity index (χ2n) is 5.48. The molecule has 0 radical (unpaired) electrons. The number of carbonyl (C=O) groups excluding carboxylic acids is 1. The van der Waals surface area contributed by atoms with Gasteiger partial charge in [-0.15, -0.1) is 0 Å². The fraction of sp³-hybridized carbons (Fsp3) is 0.500. The summed E-state index contributed by atoms with van der Waals surface area (Å²) in [6.45, 7) is 3.21. The Balaban J connectivity index is 0.00000114. The Labute approximate surface area is 159 Å². The largest absolute Gasteiger partial charge is 0.508 e. The number of rotatable bonds is 3. The van der Waals surface area contributed by atoms with Gasteiger partial charge in [-0.05, 0) is 43.8 Å². The molecular weight excluding hydrogens is 389 g/mol. The molecule has 11 heteroatoms. The van der Waals surface area contributed by atoms with Crippen LogP contribution in [-0.4, -0.2) is 51.5 Å². The fourth-order valence-electron chi connectivity index (χ4n) is 2.50. The number of alkyl halides is 3. The van der Waals surface area contributed by atoms with Crippen LogP contribution < -0.4 is 10.6 Å². The summed E-state index contributed by atoms with van der Waals surface area (Å²) in [4.78, 5) is 12.2. The van der Waals surface area contributed by atoms with E-state index in [9.17, 15) is 28.2 Å². The first-order valence-electron chi connectivity index (χ1n) is 7.96. The monoisotopic (exact) mass is 410 g/mol. The number of ether oxygens (including phenoxy) is 1. The van der Waals surface area contributed by atoms with Crippen molar-refractivity contribution in [3.63, 3.8) is 0 Å². The molecule has 1 aromatic carbocycles. The summed E-state index contributed by atoms with van der Waals surface area (Å²) in [6.07, 6.45) is -5.19. The highest BCUT2D eigenvalue weighted by atomic mass is 32.1. The topological polar surface area (TPSA) is 111 Å². The van der Waals surface area contributed by atoms with Crippen molar-refractivity contribution in [3.8, 4) is 5.75 Å². The number of thiocarbonyl (C=S) groups is 1. The van der Waals surface area contributed by atoms with Gasteiger partial charge in [0.2, 0.25) is 0 Å². The van der Waals surface area contributed by atoms with Gasteiger partial charge in [-0.2, -0.15) is 13.2 Å². The number of phenolic OH excluding ortho intramolecular Hbond substituents is 1. The molecule has 7 nitrogen and oxygen atoms in total. The molecule has 27 heavy (non-hydrogen) atoms. The standard InChI is InChI=1S/C14H15F3N2O4S.C2H6O/c1-2-23-11(21)9-10(7-3-5-8(20)6-4-7)18-12(24)19-13(9,22)14(15,16)17;1-2-3/h3-6,9-10,20,22H,2H2,1H3,(H2,18,19,24);3H,2H2,1H3/t9-,10+,13-;/m1./s1. The summed E-state index contributed by atoms with van der Waals surface area (Å²) in [7, 11) is 0.